The Kier molecular flexibility index (Phi) is 5.56. The highest BCUT2D eigenvalue weighted by atomic mass is 32.1. The number of hydrogen-bond acceptors (Lipinski definition) is 5. The maximum absolute atomic E-state index is 4.53. The lowest BCUT2D eigenvalue weighted by molar-refractivity contribution is 0.943. The number of nitrogens with zero attached hydrogens (tertiary/aromatic N) is 2. The molecule has 5 heteroatoms. The Morgan fingerprint density at radius 3 is 2.29 bits per heavy atom. The third-order valence-electron chi connectivity index (χ3n) is 3.30. The molecule has 2 aromatic rings. The van der Waals surface area contributed by atoms with E-state index in [0.29, 0.717) is 0 Å². The van der Waals surface area contributed by atoms with Crippen LogP contribution in [0.3, 0.4) is 0 Å². The molecule has 2 aromatic heterocycles. The molecule has 114 valence electrons. The second-order valence-electron chi connectivity index (χ2n) is 5.09. The fourth-order valence-electron chi connectivity index (χ4n) is 2.09. The van der Waals surface area contributed by atoms with E-state index in [1.54, 1.807) is 0 Å². The van der Waals surface area contributed by atoms with Crippen molar-refractivity contribution in [1.82, 2.24) is 9.97 Å². The van der Waals surface area contributed by atoms with E-state index in [9.17, 15) is 0 Å². The van der Waals surface area contributed by atoms with Crippen molar-refractivity contribution in [3.05, 3.63) is 33.3 Å². The minimum Gasteiger partial charge on any atom is -0.370 e. The van der Waals surface area contributed by atoms with Gasteiger partial charge in [0.2, 0.25) is 0 Å². The molecule has 4 nitrogen and oxygen atoms in total. The highest BCUT2D eigenvalue weighted by molar-refractivity contribution is 7.12. The number of aryl methyl sites for hydroxylation is 2. The molecule has 0 saturated heterocycles. The van der Waals surface area contributed by atoms with Gasteiger partial charge in [0, 0.05) is 21.9 Å². The average molecular weight is 304 g/mol. The van der Waals surface area contributed by atoms with E-state index in [1.165, 1.54) is 9.75 Å². The highest BCUT2D eigenvalue weighted by Crippen LogP contribution is 2.22. The summed E-state index contributed by atoms with van der Waals surface area (Å²) in [5.41, 5.74) is 1.08. The van der Waals surface area contributed by atoms with Gasteiger partial charge in [0.25, 0.3) is 0 Å². The predicted octanol–water partition coefficient (Wildman–Crippen LogP) is 4.15. The molecule has 0 aromatic carbocycles. The van der Waals surface area contributed by atoms with Gasteiger partial charge in [-0.2, -0.15) is 0 Å². The van der Waals surface area contributed by atoms with Crippen molar-refractivity contribution in [3.8, 4) is 0 Å². The van der Waals surface area contributed by atoms with Crippen LogP contribution in [0.25, 0.3) is 0 Å². The van der Waals surface area contributed by atoms with Gasteiger partial charge < -0.3 is 10.6 Å². The molecule has 0 atom stereocenters. The zero-order valence-electron chi connectivity index (χ0n) is 13.3. The normalized spacial score (nSPS) is 10.7. The molecular weight excluding hydrogens is 280 g/mol. The molecule has 0 amide bonds. The van der Waals surface area contributed by atoms with Crippen LogP contribution in [-0.4, -0.2) is 16.5 Å². The van der Waals surface area contributed by atoms with Crippen LogP contribution < -0.4 is 10.6 Å². The van der Waals surface area contributed by atoms with Crippen LogP contribution in [0.4, 0.5) is 11.6 Å². The second kappa shape index (κ2) is 7.41. The maximum atomic E-state index is 4.53. The van der Waals surface area contributed by atoms with Crippen LogP contribution in [0.15, 0.2) is 12.1 Å². The SMILES string of the molecule is CCCNc1nc(C)nc(NCc2ccc(CC)s2)c1C. The lowest BCUT2D eigenvalue weighted by atomic mass is 10.3. The van der Waals surface area contributed by atoms with Crippen LogP contribution in [0.1, 0.15) is 41.4 Å². The van der Waals surface area contributed by atoms with E-state index in [-0.39, 0.29) is 0 Å². The van der Waals surface area contributed by atoms with E-state index in [1.807, 2.05) is 18.3 Å². The minimum absolute atomic E-state index is 0.794. The standard InChI is InChI=1S/C16H24N4S/c1-5-9-17-15-11(3)16(20-12(4)19-15)18-10-14-8-7-13(6-2)21-14/h7-8H,5-6,9-10H2,1-4H3,(H2,17,18,19,20). The first-order valence-electron chi connectivity index (χ1n) is 7.54. The van der Waals surface area contributed by atoms with E-state index in [2.05, 4.69) is 53.5 Å². The molecular formula is C16H24N4S. The number of thiophene rings is 1. The summed E-state index contributed by atoms with van der Waals surface area (Å²) in [6.45, 7) is 10.1. The van der Waals surface area contributed by atoms with Crippen LogP contribution in [-0.2, 0) is 13.0 Å². The second-order valence-corrected chi connectivity index (χ2v) is 6.35. The first kappa shape index (κ1) is 15.8. The van der Waals surface area contributed by atoms with Crippen molar-refractivity contribution < 1.29 is 0 Å². The average Bonchev–Trinajstić information content (AvgIpc) is 2.94. The molecule has 0 aliphatic rings. The number of anilines is 2. The van der Waals surface area contributed by atoms with Gasteiger partial charge in [0.05, 0.1) is 6.54 Å². The molecule has 2 heterocycles. The summed E-state index contributed by atoms with van der Waals surface area (Å²) in [6, 6.07) is 4.39. The smallest absolute Gasteiger partial charge is 0.135 e. The van der Waals surface area contributed by atoms with Crippen LogP contribution in [0, 0.1) is 13.8 Å². The summed E-state index contributed by atoms with van der Waals surface area (Å²) >= 11 is 1.86. The van der Waals surface area contributed by atoms with Crippen LogP contribution in [0.5, 0.6) is 0 Å². The quantitative estimate of drug-likeness (QED) is 0.806. The fourth-order valence-corrected chi connectivity index (χ4v) is 2.99. The Morgan fingerprint density at radius 1 is 1.00 bits per heavy atom. The maximum Gasteiger partial charge on any atom is 0.135 e. The van der Waals surface area contributed by atoms with Gasteiger partial charge >= 0.3 is 0 Å². The van der Waals surface area contributed by atoms with Crippen molar-refractivity contribution >= 4 is 23.0 Å². The Bertz CT molecular complexity index is 592. The van der Waals surface area contributed by atoms with Crippen LogP contribution in [0.2, 0.25) is 0 Å². The molecule has 2 N–H and O–H groups in total. The minimum atomic E-state index is 0.794. The number of nitrogens with one attached hydrogen (secondary N) is 2. The van der Waals surface area contributed by atoms with Crippen molar-refractivity contribution in [2.24, 2.45) is 0 Å². The summed E-state index contributed by atoms with van der Waals surface area (Å²) < 4.78 is 0. The van der Waals surface area contributed by atoms with E-state index in [4.69, 9.17) is 0 Å². The van der Waals surface area contributed by atoms with Crippen molar-refractivity contribution in [1.29, 1.82) is 0 Å². The lowest BCUT2D eigenvalue weighted by Crippen LogP contribution is -2.10. The summed E-state index contributed by atoms with van der Waals surface area (Å²) in [5.74, 6) is 2.65. The number of aromatic nitrogens is 2. The lowest BCUT2D eigenvalue weighted by Gasteiger charge is -2.13. The molecule has 0 spiro atoms. The van der Waals surface area contributed by atoms with Gasteiger partial charge in [-0.25, -0.2) is 9.97 Å². The molecule has 0 aliphatic carbocycles. The monoisotopic (exact) mass is 304 g/mol. The van der Waals surface area contributed by atoms with Gasteiger partial charge in [-0.05, 0) is 38.8 Å². The molecule has 2 rings (SSSR count). The zero-order valence-corrected chi connectivity index (χ0v) is 14.1. The predicted molar refractivity (Wildman–Crippen MR) is 91.3 cm³/mol. The topological polar surface area (TPSA) is 49.8 Å². The van der Waals surface area contributed by atoms with Gasteiger partial charge in [-0.3, -0.25) is 0 Å². The zero-order chi connectivity index (χ0) is 15.2. The molecule has 0 aliphatic heterocycles. The molecule has 0 fully saturated rings. The first-order valence-corrected chi connectivity index (χ1v) is 8.36. The summed E-state index contributed by atoms with van der Waals surface area (Å²) in [5, 5.41) is 6.81. The first-order chi connectivity index (χ1) is 10.1. The molecule has 21 heavy (non-hydrogen) atoms. The summed E-state index contributed by atoms with van der Waals surface area (Å²) in [6.07, 6.45) is 2.18. The third kappa shape index (κ3) is 4.17. The Balaban J connectivity index is 2.09. The van der Waals surface area contributed by atoms with Crippen molar-refractivity contribution in [3.63, 3.8) is 0 Å². The van der Waals surface area contributed by atoms with E-state index >= 15 is 0 Å². The Hall–Kier alpha value is -1.62. The van der Waals surface area contributed by atoms with Gasteiger partial charge in [-0.15, -0.1) is 11.3 Å². The summed E-state index contributed by atoms with van der Waals surface area (Å²) in [7, 11) is 0. The highest BCUT2D eigenvalue weighted by Gasteiger charge is 2.09. The fraction of sp³-hybridized carbons (Fsp3) is 0.500. The van der Waals surface area contributed by atoms with E-state index < -0.39 is 0 Å². The Morgan fingerprint density at radius 2 is 1.67 bits per heavy atom. The van der Waals surface area contributed by atoms with Crippen molar-refractivity contribution in [2.45, 2.75) is 47.1 Å². The number of rotatable bonds is 7. The van der Waals surface area contributed by atoms with Gasteiger partial charge in [0.1, 0.15) is 17.5 Å². The number of hydrogen-bond donors (Lipinski definition) is 2. The van der Waals surface area contributed by atoms with E-state index in [0.717, 1.165) is 49.0 Å². The molecule has 0 bridgehead atoms. The molecule has 0 saturated carbocycles. The summed E-state index contributed by atoms with van der Waals surface area (Å²) in [4.78, 5) is 11.8. The largest absolute Gasteiger partial charge is 0.370 e. The Labute approximate surface area is 131 Å². The van der Waals surface area contributed by atoms with Gasteiger partial charge in [0.15, 0.2) is 0 Å². The van der Waals surface area contributed by atoms with Crippen molar-refractivity contribution in [2.75, 3.05) is 17.2 Å². The molecule has 0 unspecified atom stereocenters. The third-order valence-corrected chi connectivity index (χ3v) is 4.53. The van der Waals surface area contributed by atoms with Crippen LogP contribution >= 0.6 is 11.3 Å². The molecule has 0 radical (unpaired) electrons. The van der Waals surface area contributed by atoms with Gasteiger partial charge in [-0.1, -0.05) is 13.8 Å².